The summed E-state index contributed by atoms with van der Waals surface area (Å²) in [5, 5.41) is 8.55. The van der Waals surface area contributed by atoms with Crippen LogP contribution in [-0.4, -0.2) is 23.5 Å². The quantitative estimate of drug-likeness (QED) is 0.690. The maximum absolute atomic E-state index is 10.9. The van der Waals surface area contributed by atoms with Gasteiger partial charge in [0.15, 0.2) is 5.78 Å². The summed E-state index contributed by atoms with van der Waals surface area (Å²) in [6, 6.07) is 8.92. The first kappa shape index (κ1) is 9.89. The lowest BCUT2D eigenvalue weighted by Crippen LogP contribution is -2.34. The molecule has 0 bridgehead atoms. The summed E-state index contributed by atoms with van der Waals surface area (Å²) in [7, 11) is 0. The highest BCUT2D eigenvalue weighted by Crippen LogP contribution is 2.01. The van der Waals surface area contributed by atoms with Crippen molar-refractivity contribution in [3.05, 3.63) is 35.9 Å². The minimum absolute atomic E-state index is 0.316. The van der Waals surface area contributed by atoms with Gasteiger partial charge < -0.3 is 10.8 Å². The summed E-state index contributed by atoms with van der Waals surface area (Å²) in [6.45, 7) is -0.478. The molecule has 70 valence electrons. The van der Waals surface area contributed by atoms with Gasteiger partial charge in [-0.25, -0.2) is 0 Å². The van der Waals surface area contributed by atoms with Crippen LogP contribution in [-0.2, 0) is 11.2 Å². The van der Waals surface area contributed by atoms with Gasteiger partial charge in [-0.1, -0.05) is 30.3 Å². The lowest BCUT2D eigenvalue weighted by Gasteiger charge is -2.07. The number of hydrogen-bond donors (Lipinski definition) is 2. The van der Waals surface area contributed by atoms with Gasteiger partial charge >= 0.3 is 0 Å². The highest BCUT2D eigenvalue weighted by Gasteiger charge is 2.11. The fourth-order valence-corrected chi connectivity index (χ4v) is 1.10. The van der Waals surface area contributed by atoms with Crippen LogP contribution in [0, 0.1) is 0 Å². The van der Waals surface area contributed by atoms with Crippen LogP contribution in [0.15, 0.2) is 30.3 Å². The van der Waals surface area contributed by atoms with E-state index >= 15 is 0 Å². The molecule has 0 radical (unpaired) electrons. The Hall–Kier alpha value is -1.19. The van der Waals surface area contributed by atoms with Crippen LogP contribution in [0.25, 0.3) is 0 Å². The minimum Gasteiger partial charge on any atom is -0.389 e. The number of nitrogens with two attached hydrogens (primary N) is 1. The van der Waals surface area contributed by atoms with Crippen LogP contribution in [0.4, 0.5) is 0 Å². The van der Waals surface area contributed by atoms with E-state index in [0.717, 1.165) is 5.56 Å². The maximum Gasteiger partial charge on any atom is 0.175 e. The highest BCUT2D eigenvalue weighted by atomic mass is 16.3. The molecular weight excluding hydrogens is 166 g/mol. The van der Waals surface area contributed by atoms with E-state index in [0.29, 0.717) is 6.42 Å². The molecular formula is C10H13NO2. The molecule has 0 amide bonds. The van der Waals surface area contributed by atoms with Crippen LogP contribution in [0.3, 0.4) is 0 Å². The van der Waals surface area contributed by atoms with Crippen molar-refractivity contribution in [1.82, 2.24) is 0 Å². The van der Waals surface area contributed by atoms with Gasteiger partial charge in [-0.3, -0.25) is 4.79 Å². The maximum atomic E-state index is 10.9. The lowest BCUT2D eigenvalue weighted by molar-refractivity contribution is -0.122. The summed E-state index contributed by atoms with van der Waals surface area (Å²) >= 11 is 0. The summed E-state index contributed by atoms with van der Waals surface area (Å²) in [5.74, 6) is -0.316. The smallest absolute Gasteiger partial charge is 0.175 e. The molecule has 1 aromatic rings. The first-order valence-electron chi connectivity index (χ1n) is 4.17. The number of ketones is 1. The van der Waals surface area contributed by atoms with E-state index in [1.165, 1.54) is 0 Å². The van der Waals surface area contributed by atoms with Gasteiger partial charge in [0, 0.05) is 0 Å². The Morgan fingerprint density at radius 1 is 1.38 bits per heavy atom. The molecule has 1 unspecified atom stereocenters. The molecule has 3 heteroatoms. The van der Waals surface area contributed by atoms with E-state index < -0.39 is 12.6 Å². The number of carbonyl (C=O) groups excluding carboxylic acids is 1. The van der Waals surface area contributed by atoms with Gasteiger partial charge in [0.1, 0.15) is 6.61 Å². The second-order valence-corrected chi connectivity index (χ2v) is 2.92. The largest absolute Gasteiger partial charge is 0.389 e. The Bertz CT molecular complexity index is 272. The van der Waals surface area contributed by atoms with E-state index in [2.05, 4.69) is 0 Å². The molecule has 0 heterocycles. The number of aliphatic hydroxyl groups is 1. The fourth-order valence-electron chi connectivity index (χ4n) is 1.10. The van der Waals surface area contributed by atoms with Gasteiger partial charge in [0.2, 0.25) is 0 Å². The van der Waals surface area contributed by atoms with Crippen molar-refractivity contribution in [2.75, 3.05) is 6.61 Å². The number of benzene rings is 1. The monoisotopic (exact) mass is 179 g/mol. The molecule has 3 nitrogen and oxygen atoms in total. The second-order valence-electron chi connectivity index (χ2n) is 2.92. The van der Waals surface area contributed by atoms with Gasteiger partial charge in [0.05, 0.1) is 6.04 Å². The topological polar surface area (TPSA) is 63.3 Å². The second kappa shape index (κ2) is 4.74. The minimum atomic E-state index is -0.590. The summed E-state index contributed by atoms with van der Waals surface area (Å²) in [4.78, 5) is 10.9. The Kier molecular flexibility index (Phi) is 3.61. The molecule has 0 saturated heterocycles. The summed E-state index contributed by atoms with van der Waals surface area (Å²) in [6.07, 6.45) is 0.486. The van der Waals surface area contributed by atoms with E-state index in [4.69, 9.17) is 10.8 Å². The van der Waals surface area contributed by atoms with Gasteiger partial charge in [-0.15, -0.1) is 0 Å². The molecule has 0 aliphatic rings. The van der Waals surface area contributed by atoms with Crippen LogP contribution in [0.1, 0.15) is 5.56 Å². The summed E-state index contributed by atoms with van der Waals surface area (Å²) in [5.41, 5.74) is 6.56. The zero-order chi connectivity index (χ0) is 9.68. The van der Waals surface area contributed by atoms with Crippen LogP contribution in [0.5, 0.6) is 0 Å². The number of carbonyl (C=O) groups is 1. The highest BCUT2D eigenvalue weighted by molar-refractivity contribution is 5.84. The van der Waals surface area contributed by atoms with Gasteiger partial charge in [-0.05, 0) is 12.0 Å². The SMILES string of the molecule is NC(Cc1ccccc1)C(=O)CO. The average Bonchev–Trinajstić information content (AvgIpc) is 2.18. The number of Topliss-reactive ketones (excluding diaryl/α,β-unsaturated/α-hetero) is 1. The third-order valence-electron chi connectivity index (χ3n) is 1.87. The predicted octanol–water partition coefficient (Wildman–Crippen LogP) is 0.118. The summed E-state index contributed by atoms with van der Waals surface area (Å²) < 4.78 is 0. The van der Waals surface area contributed by atoms with E-state index in [9.17, 15) is 4.79 Å². The molecule has 1 aromatic carbocycles. The first-order chi connectivity index (χ1) is 6.24. The zero-order valence-corrected chi connectivity index (χ0v) is 7.31. The number of hydrogen-bond acceptors (Lipinski definition) is 3. The third kappa shape index (κ3) is 2.97. The molecule has 13 heavy (non-hydrogen) atoms. The number of rotatable bonds is 4. The molecule has 0 saturated carbocycles. The first-order valence-corrected chi connectivity index (χ1v) is 4.17. The molecule has 0 aromatic heterocycles. The zero-order valence-electron chi connectivity index (χ0n) is 7.31. The van der Waals surface area contributed by atoms with Crippen molar-refractivity contribution >= 4 is 5.78 Å². The molecule has 1 atom stereocenters. The molecule has 0 aliphatic heterocycles. The Morgan fingerprint density at radius 3 is 2.54 bits per heavy atom. The molecule has 0 spiro atoms. The Labute approximate surface area is 77.2 Å². The van der Waals surface area contributed by atoms with Crippen molar-refractivity contribution in [3.8, 4) is 0 Å². The number of aliphatic hydroxyl groups excluding tert-OH is 1. The van der Waals surface area contributed by atoms with Gasteiger partial charge in [-0.2, -0.15) is 0 Å². The Morgan fingerprint density at radius 2 is 2.00 bits per heavy atom. The van der Waals surface area contributed by atoms with E-state index in [-0.39, 0.29) is 5.78 Å². The van der Waals surface area contributed by atoms with Crippen molar-refractivity contribution in [3.63, 3.8) is 0 Å². The van der Waals surface area contributed by atoms with Crippen molar-refractivity contribution in [1.29, 1.82) is 0 Å². The van der Waals surface area contributed by atoms with Gasteiger partial charge in [0.25, 0.3) is 0 Å². The molecule has 1 rings (SSSR count). The van der Waals surface area contributed by atoms with Crippen LogP contribution in [0.2, 0.25) is 0 Å². The molecule has 3 N–H and O–H groups in total. The van der Waals surface area contributed by atoms with Crippen molar-refractivity contribution in [2.45, 2.75) is 12.5 Å². The molecule has 0 aliphatic carbocycles. The predicted molar refractivity (Wildman–Crippen MR) is 50.2 cm³/mol. The van der Waals surface area contributed by atoms with Crippen molar-refractivity contribution in [2.24, 2.45) is 5.73 Å². The van der Waals surface area contributed by atoms with E-state index in [1.54, 1.807) is 0 Å². The Balaban J connectivity index is 2.55. The fraction of sp³-hybridized carbons (Fsp3) is 0.300. The molecule has 0 fully saturated rings. The normalized spacial score (nSPS) is 12.5. The van der Waals surface area contributed by atoms with Crippen LogP contribution < -0.4 is 5.73 Å². The van der Waals surface area contributed by atoms with Crippen LogP contribution >= 0.6 is 0 Å². The lowest BCUT2D eigenvalue weighted by atomic mass is 10.0. The van der Waals surface area contributed by atoms with Crippen molar-refractivity contribution < 1.29 is 9.90 Å². The third-order valence-corrected chi connectivity index (χ3v) is 1.87. The average molecular weight is 179 g/mol. The standard InChI is InChI=1S/C10H13NO2/c11-9(10(13)7-12)6-8-4-2-1-3-5-8/h1-5,9,12H,6-7,11H2. The van der Waals surface area contributed by atoms with E-state index in [1.807, 2.05) is 30.3 Å².